The molecule has 1 saturated carbocycles. The Morgan fingerprint density at radius 2 is 1.59 bits per heavy atom. The highest BCUT2D eigenvalue weighted by Crippen LogP contribution is 2.33. The smallest absolute Gasteiger partial charge is 0.314 e. The summed E-state index contributed by atoms with van der Waals surface area (Å²) in [5.41, 5.74) is 2.21. The van der Waals surface area contributed by atoms with Crippen molar-refractivity contribution in [1.82, 2.24) is 4.98 Å². The maximum atomic E-state index is 12.5. The van der Waals surface area contributed by atoms with Crippen LogP contribution in [0.1, 0.15) is 64.7 Å². The van der Waals surface area contributed by atoms with Crippen LogP contribution in [0, 0.1) is 11.8 Å². The third-order valence-electron chi connectivity index (χ3n) is 5.73. The molecule has 0 saturated heterocycles. The van der Waals surface area contributed by atoms with E-state index in [2.05, 4.69) is 11.9 Å². The number of unbranched alkanes of at least 4 members (excludes halogenated alkanes) is 3. The van der Waals surface area contributed by atoms with Crippen LogP contribution in [0.5, 0.6) is 5.75 Å². The first kappa shape index (κ1) is 19.6. The molecule has 0 atom stereocenters. The molecule has 0 bridgehead atoms. The highest BCUT2D eigenvalue weighted by atomic mass is 16.5. The van der Waals surface area contributed by atoms with Gasteiger partial charge in [0.1, 0.15) is 5.75 Å². The minimum Gasteiger partial charge on any atom is -0.426 e. The molecule has 1 aliphatic carbocycles. The first-order valence-corrected chi connectivity index (χ1v) is 10.5. The fourth-order valence-electron chi connectivity index (χ4n) is 4.01. The molecule has 1 aliphatic rings. The molecule has 2 aromatic rings. The van der Waals surface area contributed by atoms with Gasteiger partial charge in [0.05, 0.1) is 5.92 Å². The standard InChI is InChI=1S/C24H31NO2/c1-2-3-4-5-6-19-7-9-22(10-8-19)24(26)27-23-13-11-20(12-14-23)21-15-17-25-18-16-21/h11-19,22H,2-10H2,1H3. The number of nitrogens with zero attached hydrogens (tertiary/aromatic N) is 1. The fraction of sp³-hybridized carbons (Fsp3) is 0.500. The molecule has 1 aromatic carbocycles. The summed E-state index contributed by atoms with van der Waals surface area (Å²) in [5, 5.41) is 0. The Morgan fingerprint density at radius 1 is 0.926 bits per heavy atom. The number of carbonyl (C=O) groups is 1. The molecule has 3 nitrogen and oxygen atoms in total. The molecule has 0 amide bonds. The summed E-state index contributed by atoms with van der Waals surface area (Å²) < 4.78 is 5.64. The van der Waals surface area contributed by atoms with Gasteiger partial charge in [-0.25, -0.2) is 0 Å². The Balaban J connectivity index is 1.44. The number of carbonyl (C=O) groups excluding carboxylic acids is 1. The van der Waals surface area contributed by atoms with Crippen LogP contribution in [0.25, 0.3) is 11.1 Å². The minimum absolute atomic E-state index is 0.0592. The van der Waals surface area contributed by atoms with Gasteiger partial charge in [-0.1, -0.05) is 51.2 Å². The molecule has 0 radical (unpaired) electrons. The van der Waals surface area contributed by atoms with Gasteiger partial charge < -0.3 is 4.74 Å². The molecule has 1 aromatic heterocycles. The van der Waals surface area contributed by atoms with Crippen molar-refractivity contribution < 1.29 is 9.53 Å². The van der Waals surface area contributed by atoms with Crippen LogP contribution in [-0.4, -0.2) is 11.0 Å². The third kappa shape index (κ3) is 5.92. The number of hydrogen-bond donors (Lipinski definition) is 0. The number of esters is 1. The van der Waals surface area contributed by atoms with E-state index in [9.17, 15) is 4.79 Å². The van der Waals surface area contributed by atoms with Crippen molar-refractivity contribution in [2.45, 2.75) is 64.7 Å². The van der Waals surface area contributed by atoms with E-state index < -0.39 is 0 Å². The lowest BCUT2D eigenvalue weighted by Gasteiger charge is -2.27. The van der Waals surface area contributed by atoms with Crippen molar-refractivity contribution in [2.24, 2.45) is 11.8 Å². The summed E-state index contributed by atoms with van der Waals surface area (Å²) in [7, 11) is 0. The molecule has 27 heavy (non-hydrogen) atoms. The number of pyridine rings is 1. The van der Waals surface area contributed by atoms with Crippen LogP contribution in [0.15, 0.2) is 48.8 Å². The Bertz CT molecular complexity index is 688. The Labute approximate surface area is 163 Å². The second kappa shape index (κ2) is 10.2. The molecule has 3 rings (SSSR count). The fourth-order valence-corrected chi connectivity index (χ4v) is 4.01. The summed E-state index contributed by atoms with van der Waals surface area (Å²) in [5.74, 6) is 1.46. The van der Waals surface area contributed by atoms with Gasteiger partial charge >= 0.3 is 5.97 Å². The topological polar surface area (TPSA) is 39.2 Å². The maximum absolute atomic E-state index is 12.5. The van der Waals surface area contributed by atoms with Crippen LogP contribution in [-0.2, 0) is 4.79 Å². The second-order valence-corrected chi connectivity index (χ2v) is 7.75. The quantitative estimate of drug-likeness (QED) is 0.307. The average molecular weight is 366 g/mol. The van der Waals surface area contributed by atoms with Gasteiger partial charge in [-0.15, -0.1) is 0 Å². The van der Waals surface area contributed by atoms with E-state index in [4.69, 9.17) is 4.74 Å². The normalized spacial score (nSPS) is 19.6. The monoisotopic (exact) mass is 365 g/mol. The van der Waals surface area contributed by atoms with E-state index in [0.717, 1.165) is 29.9 Å². The van der Waals surface area contributed by atoms with Crippen molar-refractivity contribution in [3.8, 4) is 16.9 Å². The molecule has 3 heteroatoms. The van der Waals surface area contributed by atoms with E-state index in [0.29, 0.717) is 5.75 Å². The zero-order valence-electron chi connectivity index (χ0n) is 16.4. The van der Waals surface area contributed by atoms with Crippen LogP contribution < -0.4 is 4.74 Å². The van der Waals surface area contributed by atoms with Crippen molar-refractivity contribution in [3.63, 3.8) is 0 Å². The molecule has 0 N–H and O–H groups in total. The lowest BCUT2D eigenvalue weighted by molar-refractivity contribution is -0.140. The largest absolute Gasteiger partial charge is 0.426 e. The molecular formula is C24H31NO2. The average Bonchev–Trinajstić information content (AvgIpc) is 2.73. The zero-order valence-corrected chi connectivity index (χ0v) is 16.4. The summed E-state index contributed by atoms with van der Waals surface area (Å²) in [6, 6.07) is 11.7. The van der Waals surface area contributed by atoms with Crippen LogP contribution in [0.4, 0.5) is 0 Å². The van der Waals surface area contributed by atoms with Gasteiger partial charge in [-0.2, -0.15) is 0 Å². The minimum atomic E-state index is -0.0592. The van der Waals surface area contributed by atoms with E-state index in [1.165, 1.54) is 44.9 Å². The van der Waals surface area contributed by atoms with Gasteiger partial charge in [-0.3, -0.25) is 9.78 Å². The first-order valence-electron chi connectivity index (χ1n) is 10.5. The maximum Gasteiger partial charge on any atom is 0.314 e. The Kier molecular flexibility index (Phi) is 7.44. The van der Waals surface area contributed by atoms with Gasteiger partial charge in [0, 0.05) is 12.4 Å². The van der Waals surface area contributed by atoms with Gasteiger partial charge in [0.2, 0.25) is 0 Å². The van der Waals surface area contributed by atoms with Crippen molar-refractivity contribution in [1.29, 1.82) is 0 Å². The molecule has 144 valence electrons. The highest BCUT2D eigenvalue weighted by Gasteiger charge is 2.27. The number of rotatable bonds is 8. The predicted octanol–water partition coefficient (Wildman–Crippen LogP) is 6.43. The third-order valence-corrected chi connectivity index (χ3v) is 5.73. The van der Waals surface area contributed by atoms with Gasteiger partial charge in [0.15, 0.2) is 0 Å². The second-order valence-electron chi connectivity index (χ2n) is 7.75. The summed E-state index contributed by atoms with van der Waals surface area (Å²) >= 11 is 0. The van der Waals surface area contributed by atoms with Crippen LogP contribution >= 0.6 is 0 Å². The van der Waals surface area contributed by atoms with E-state index in [1.807, 2.05) is 36.4 Å². The van der Waals surface area contributed by atoms with Gasteiger partial charge in [-0.05, 0) is 67.0 Å². The number of ether oxygens (including phenoxy) is 1. The van der Waals surface area contributed by atoms with Crippen LogP contribution in [0.2, 0.25) is 0 Å². The van der Waals surface area contributed by atoms with Crippen molar-refractivity contribution in [2.75, 3.05) is 0 Å². The summed E-state index contributed by atoms with van der Waals surface area (Å²) in [6.07, 6.45) is 14.5. The van der Waals surface area contributed by atoms with E-state index >= 15 is 0 Å². The number of aromatic nitrogens is 1. The predicted molar refractivity (Wildman–Crippen MR) is 110 cm³/mol. The molecular weight excluding hydrogens is 334 g/mol. The lowest BCUT2D eigenvalue weighted by atomic mass is 9.80. The molecule has 1 heterocycles. The highest BCUT2D eigenvalue weighted by molar-refractivity contribution is 5.75. The van der Waals surface area contributed by atoms with E-state index in [1.54, 1.807) is 12.4 Å². The molecule has 0 spiro atoms. The number of hydrogen-bond acceptors (Lipinski definition) is 3. The molecule has 0 unspecified atom stereocenters. The number of benzene rings is 1. The molecule has 1 fully saturated rings. The first-order chi connectivity index (χ1) is 13.3. The summed E-state index contributed by atoms with van der Waals surface area (Å²) in [4.78, 5) is 16.5. The lowest BCUT2D eigenvalue weighted by Crippen LogP contribution is -2.25. The van der Waals surface area contributed by atoms with Crippen molar-refractivity contribution >= 4 is 5.97 Å². The SMILES string of the molecule is CCCCCCC1CCC(C(=O)Oc2ccc(-c3ccncc3)cc2)CC1. The van der Waals surface area contributed by atoms with Crippen LogP contribution in [0.3, 0.4) is 0 Å². The van der Waals surface area contributed by atoms with E-state index in [-0.39, 0.29) is 11.9 Å². The van der Waals surface area contributed by atoms with Gasteiger partial charge in [0.25, 0.3) is 0 Å². The Morgan fingerprint density at radius 3 is 2.26 bits per heavy atom. The Hall–Kier alpha value is -2.16. The molecule has 0 aliphatic heterocycles. The summed E-state index contributed by atoms with van der Waals surface area (Å²) in [6.45, 7) is 2.25. The zero-order chi connectivity index (χ0) is 18.9. The van der Waals surface area contributed by atoms with Crippen molar-refractivity contribution in [3.05, 3.63) is 48.8 Å².